The van der Waals surface area contributed by atoms with Crippen LogP contribution in [0.3, 0.4) is 0 Å². The lowest BCUT2D eigenvalue weighted by Gasteiger charge is -2.29. The summed E-state index contributed by atoms with van der Waals surface area (Å²) in [5.41, 5.74) is 0. The van der Waals surface area contributed by atoms with E-state index >= 15 is 0 Å². The Morgan fingerprint density at radius 3 is 1.82 bits per heavy atom. The molecule has 0 heterocycles. The Balaban J connectivity index is 4.78. The molecule has 8 nitrogen and oxygen atoms in total. The fourth-order valence-electron chi connectivity index (χ4n) is 4.59. The average Bonchev–Trinajstić information content (AvgIpc) is 3.06. The van der Waals surface area contributed by atoms with Crippen LogP contribution in [0.4, 0.5) is 0 Å². The number of amides is 1. The van der Waals surface area contributed by atoms with Gasteiger partial charge in [-0.1, -0.05) is 137 Å². The summed E-state index contributed by atoms with van der Waals surface area (Å²) in [4.78, 5) is 25.1. The van der Waals surface area contributed by atoms with Gasteiger partial charge in [-0.05, 0) is 57.8 Å². The molecule has 0 aromatic rings. The van der Waals surface area contributed by atoms with Crippen molar-refractivity contribution >= 4 is 13.7 Å². The largest absolute Gasteiger partial charge is 0.756 e. The third kappa shape index (κ3) is 34.1. The highest BCUT2D eigenvalue weighted by Crippen LogP contribution is 2.38. The van der Waals surface area contributed by atoms with Gasteiger partial charge in [-0.3, -0.25) is 9.36 Å². The van der Waals surface area contributed by atoms with Crippen molar-refractivity contribution in [1.29, 1.82) is 0 Å². The number of unbranched alkanes of at least 4 members (excludes halogenated alkanes) is 8. The number of hydrogen-bond donors (Lipinski definition) is 2. The molecule has 0 aromatic heterocycles. The number of phosphoric ester groups is 1. The zero-order chi connectivity index (χ0) is 37.2. The molecule has 50 heavy (non-hydrogen) atoms. The predicted molar refractivity (Wildman–Crippen MR) is 210 cm³/mol. The first-order valence-electron chi connectivity index (χ1n) is 18.9. The van der Waals surface area contributed by atoms with E-state index in [0.717, 1.165) is 44.9 Å². The van der Waals surface area contributed by atoms with Gasteiger partial charge in [-0.25, -0.2) is 0 Å². The lowest BCUT2D eigenvalue weighted by molar-refractivity contribution is -0.870. The summed E-state index contributed by atoms with van der Waals surface area (Å²) in [6.07, 6.45) is 43.7. The minimum atomic E-state index is -4.62. The van der Waals surface area contributed by atoms with E-state index in [1.165, 1.54) is 44.9 Å². The molecule has 0 saturated heterocycles. The van der Waals surface area contributed by atoms with E-state index in [0.29, 0.717) is 17.4 Å². The van der Waals surface area contributed by atoms with Crippen LogP contribution in [-0.2, 0) is 18.4 Å². The highest BCUT2D eigenvalue weighted by atomic mass is 31.2. The van der Waals surface area contributed by atoms with Crippen molar-refractivity contribution in [3.63, 3.8) is 0 Å². The summed E-state index contributed by atoms with van der Waals surface area (Å²) in [6, 6.07) is -0.960. The molecule has 1 amide bonds. The molecule has 0 rings (SSSR count). The molecule has 286 valence electrons. The first-order chi connectivity index (χ1) is 24.0. The highest BCUT2D eigenvalue weighted by molar-refractivity contribution is 7.45. The summed E-state index contributed by atoms with van der Waals surface area (Å²) >= 11 is 0. The zero-order valence-corrected chi connectivity index (χ0v) is 32.9. The molecule has 0 spiro atoms. The number of carbonyl (C=O) groups excluding carboxylic acids is 1. The topological polar surface area (TPSA) is 108 Å². The average molecular weight is 719 g/mol. The van der Waals surface area contributed by atoms with E-state index in [9.17, 15) is 19.4 Å². The zero-order valence-electron chi connectivity index (χ0n) is 32.1. The summed E-state index contributed by atoms with van der Waals surface area (Å²) in [5.74, 6) is -0.340. The predicted octanol–water partition coefficient (Wildman–Crippen LogP) is 9.21. The molecule has 2 N–H and O–H groups in total. The van der Waals surface area contributed by atoms with Gasteiger partial charge < -0.3 is 28.8 Å². The van der Waals surface area contributed by atoms with Gasteiger partial charge in [0.05, 0.1) is 39.9 Å². The highest BCUT2D eigenvalue weighted by Gasteiger charge is 2.22. The second kappa shape index (κ2) is 32.6. The smallest absolute Gasteiger partial charge is 0.268 e. The number of quaternary nitrogens is 1. The Morgan fingerprint density at radius 2 is 1.24 bits per heavy atom. The Hall–Kier alpha value is -2.32. The second-order valence-electron chi connectivity index (χ2n) is 13.6. The normalized spacial score (nSPS) is 15.6. The van der Waals surface area contributed by atoms with E-state index in [1.807, 2.05) is 39.4 Å². The number of carbonyl (C=O) groups is 1. The number of hydrogen-bond acceptors (Lipinski definition) is 6. The first-order valence-corrected chi connectivity index (χ1v) is 20.4. The molecule has 0 fully saturated rings. The number of aliphatic hydroxyl groups is 1. The van der Waals surface area contributed by atoms with Gasteiger partial charge in [-0.2, -0.15) is 0 Å². The van der Waals surface area contributed by atoms with Crippen LogP contribution in [0.25, 0.3) is 0 Å². The lowest BCUT2D eigenvalue weighted by atomic mass is 10.1. The maximum Gasteiger partial charge on any atom is 0.268 e. The number of phosphoric acid groups is 1. The van der Waals surface area contributed by atoms with Crippen LogP contribution in [-0.4, -0.2) is 68.5 Å². The Bertz CT molecular complexity index is 1090. The van der Waals surface area contributed by atoms with Crippen LogP contribution in [0, 0.1) is 0 Å². The van der Waals surface area contributed by atoms with Crippen LogP contribution in [0.15, 0.2) is 85.1 Å². The SMILES string of the molecule is CC/C=C\C/C=C\C/C=C\C/C=C\C/C=C\CC(=O)NC(COP(=O)([O-])OCC[N+](C)(C)C)C(O)/C=C/CC/C=C/CCCCCCCCC. The molecule has 0 radical (unpaired) electrons. The maximum atomic E-state index is 12.7. The van der Waals surface area contributed by atoms with E-state index in [2.05, 4.69) is 73.8 Å². The van der Waals surface area contributed by atoms with Crippen molar-refractivity contribution in [3.05, 3.63) is 85.1 Å². The van der Waals surface area contributed by atoms with Crippen LogP contribution in [0.1, 0.15) is 117 Å². The molecule has 0 aliphatic carbocycles. The number of nitrogens with zero attached hydrogens (tertiary/aromatic N) is 1. The van der Waals surface area contributed by atoms with E-state index in [-0.39, 0.29) is 18.9 Å². The second-order valence-corrected chi connectivity index (χ2v) is 15.0. The van der Waals surface area contributed by atoms with Gasteiger partial charge in [0, 0.05) is 6.42 Å². The van der Waals surface area contributed by atoms with Gasteiger partial charge in [0.1, 0.15) is 13.2 Å². The van der Waals surface area contributed by atoms with Gasteiger partial charge in [0.25, 0.3) is 7.82 Å². The Labute approximate surface area is 306 Å². The summed E-state index contributed by atoms with van der Waals surface area (Å²) in [5, 5.41) is 13.6. The number of allylic oxidation sites excluding steroid dienone is 12. The number of nitrogens with one attached hydrogen (secondary N) is 1. The molecule has 0 saturated carbocycles. The maximum absolute atomic E-state index is 12.7. The minimum Gasteiger partial charge on any atom is -0.756 e. The van der Waals surface area contributed by atoms with Crippen molar-refractivity contribution < 1.29 is 32.9 Å². The first kappa shape index (κ1) is 47.7. The van der Waals surface area contributed by atoms with Gasteiger partial charge in [0.2, 0.25) is 5.91 Å². The third-order valence-electron chi connectivity index (χ3n) is 7.62. The number of aliphatic hydroxyl groups excluding tert-OH is 1. The van der Waals surface area contributed by atoms with Gasteiger partial charge in [0.15, 0.2) is 0 Å². The molecule has 9 heteroatoms. The molecule has 0 aliphatic heterocycles. The molecule has 3 unspecified atom stereocenters. The Morgan fingerprint density at radius 1 is 0.720 bits per heavy atom. The molecule has 3 atom stereocenters. The van der Waals surface area contributed by atoms with E-state index in [1.54, 1.807) is 12.2 Å². The summed E-state index contributed by atoms with van der Waals surface area (Å²) in [6.45, 7) is 4.37. The number of likely N-dealkylation sites (N-methyl/N-ethyl adjacent to an activating group) is 1. The van der Waals surface area contributed by atoms with Crippen LogP contribution < -0.4 is 10.2 Å². The quantitative estimate of drug-likeness (QED) is 0.0311. The molecular weight excluding hydrogens is 647 g/mol. The van der Waals surface area contributed by atoms with Crippen molar-refractivity contribution in [2.45, 2.75) is 129 Å². The van der Waals surface area contributed by atoms with Crippen LogP contribution in [0.2, 0.25) is 0 Å². The van der Waals surface area contributed by atoms with Crippen LogP contribution in [0.5, 0.6) is 0 Å². The van der Waals surface area contributed by atoms with Crippen molar-refractivity contribution in [1.82, 2.24) is 5.32 Å². The van der Waals surface area contributed by atoms with E-state index in [4.69, 9.17) is 9.05 Å². The summed E-state index contributed by atoms with van der Waals surface area (Å²) < 4.78 is 23.0. The van der Waals surface area contributed by atoms with Crippen molar-refractivity contribution in [2.24, 2.45) is 0 Å². The van der Waals surface area contributed by atoms with Crippen molar-refractivity contribution in [3.8, 4) is 0 Å². The molecule has 0 bridgehead atoms. The third-order valence-corrected chi connectivity index (χ3v) is 8.58. The van der Waals surface area contributed by atoms with Gasteiger partial charge >= 0.3 is 0 Å². The van der Waals surface area contributed by atoms with Crippen LogP contribution >= 0.6 is 7.82 Å². The molecule has 0 aliphatic rings. The minimum absolute atomic E-state index is 0.0275. The fraction of sp³-hybridized carbons (Fsp3) is 0.634. The van der Waals surface area contributed by atoms with Crippen molar-refractivity contribution in [2.75, 3.05) is 40.9 Å². The Kier molecular flexibility index (Phi) is 31.1. The monoisotopic (exact) mass is 719 g/mol. The lowest BCUT2D eigenvalue weighted by Crippen LogP contribution is -2.45. The standard InChI is InChI=1S/C41H71N2O6P/c1-6-8-10-12-14-16-18-20-21-23-25-27-29-31-33-35-41(45)42-39(38-49-50(46,47)48-37-36-43(3,4)5)40(44)34-32-30-28-26-24-22-19-17-15-13-11-9-7-2/h8,10,14,16,20-21,24-27,31-34,39-40,44H,6-7,9,11-13,15,17-19,22-23,28-30,35-38H2,1-5H3,(H-,42,45,46,47)/b10-8-,16-14-,21-20-,26-24+,27-25-,33-31-,34-32+. The van der Waals surface area contributed by atoms with Gasteiger partial charge in [-0.15, -0.1) is 0 Å². The van der Waals surface area contributed by atoms with E-state index < -0.39 is 26.6 Å². The molecule has 0 aromatic carbocycles. The number of rotatable bonds is 32. The fourth-order valence-corrected chi connectivity index (χ4v) is 5.31. The summed E-state index contributed by atoms with van der Waals surface area (Å²) in [7, 11) is 1.17. The molecular formula is C41H71N2O6P.